The average Bonchev–Trinajstić information content (AvgIpc) is 2.74. The molecule has 1 aliphatic carbocycles. The molecule has 0 unspecified atom stereocenters. The minimum Gasteiger partial charge on any atom is -0.378 e. The first-order chi connectivity index (χ1) is 14.4. The molecule has 0 N–H and O–H groups in total. The van der Waals surface area contributed by atoms with Crippen molar-refractivity contribution < 1.29 is 4.74 Å². The minimum absolute atomic E-state index is 0.515. The molecule has 1 aromatic rings. The maximum Gasteiger partial charge on any atom is 0.0642 e. The summed E-state index contributed by atoms with van der Waals surface area (Å²) in [5.74, 6) is 1.47. The van der Waals surface area contributed by atoms with Crippen molar-refractivity contribution in [1.82, 2.24) is 4.90 Å². The Morgan fingerprint density at radius 2 is 1.60 bits per heavy atom. The van der Waals surface area contributed by atoms with Crippen molar-refractivity contribution >= 4 is 11.4 Å². The van der Waals surface area contributed by atoms with Crippen LogP contribution < -0.4 is 9.80 Å². The summed E-state index contributed by atoms with van der Waals surface area (Å²) in [6, 6.07) is 7.36. The first kappa shape index (κ1) is 22.0. The Morgan fingerprint density at radius 1 is 0.933 bits per heavy atom. The molecular weight excluding hydrogens is 370 g/mol. The van der Waals surface area contributed by atoms with Crippen LogP contribution in [-0.2, 0) is 4.74 Å². The van der Waals surface area contributed by atoms with Gasteiger partial charge in [-0.2, -0.15) is 0 Å². The minimum atomic E-state index is 0.515. The highest BCUT2D eigenvalue weighted by atomic mass is 16.5. The largest absolute Gasteiger partial charge is 0.378 e. The van der Waals surface area contributed by atoms with Crippen molar-refractivity contribution in [2.75, 3.05) is 68.8 Å². The van der Waals surface area contributed by atoms with Gasteiger partial charge in [0.1, 0.15) is 0 Å². The standard InChI is InChI=1S/C26H43N3O/c1-21(2)20-27-11-13-29(14-12-27)25-6-5-23(28-15-17-30-18-16-28)19-24(25)22-7-9-26(3,4)10-8-22/h5-6,19,21-22H,7-18,20H2,1-4H3. The number of benzene rings is 1. The second-order valence-corrected chi connectivity index (χ2v) is 11.0. The van der Waals surface area contributed by atoms with E-state index in [9.17, 15) is 0 Å². The second-order valence-electron chi connectivity index (χ2n) is 11.0. The number of anilines is 2. The molecule has 3 fully saturated rings. The topological polar surface area (TPSA) is 19.0 Å². The van der Waals surface area contributed by atoms with E-state index in [0.717, 1.165) is 45.3 Å². The lowest BCUT2D eigenvalue weighted by Gasteiger charge is -2.41. The van der Waals surface area contributed by atoms with Gasteiger partial charge in [-0.05, 0) is 66.7 Å². The maximum atomic E-state index is 5.59. The summed E-state index contributed by atoms with van der Waals surface area (Å²) in [6.45, 7) is 19.2. The fourth-order valence-electron chi connectivity index (χ4n) is 5.57. The lowest BCUT2D eigenvalue weighted by atomic mass is 9.71. The molecule has 3 aliphatic rings. The van der Waals surface area contributed by atoms with Crippen LogP contribution in [0.4, 0.5) is 11.4 Å². The van der Waals surface area contributed by atoms with E-state index in [0.29, 0.717) is 11.3 Å². The Balaban J connectivity index is 1.54. The van der Waals surface area contributed by atoms with E-state index in [1.54, 1.807) is 5.56 Å². The predicted octanol–water partition coefficient (Wildman–Crippen LogP) is 4.99. The van der Waals surface area contributed by atoms with Crippen molar-refractivity contribution in [1.29, 1.82) is 0 Å². The first-order valence-corrected chi connectivity index (χ1v) is 12.4. The molecule has 1 saturated carbocycles. The zero-order valence-corrected chi connectivity index (χ0v) is 19.8. The van der Waals surface area contributed by atoms with Gasteiger partial charge in [-0.1, -0.05) is 27.7 Å². The molecule has 0 spiro atoms. The van der Waals surface area contributed by atoms with Gasteiger partial charge < -0.3 is 14.5 Å². The number of hydrogen-bond donors (Lipinski definition) is 0. The molecule has 168 valence electrons. The number of nitrogens with zero attached hydrogens (tertiary/aromatic N) is 3. The molecule has 30 heavy (non-hydrogen) atoms. The molecule has 0 radical (unpaired) electrons. The first-order valence-electron chi connectivity index (χ1n) is 12.4. The molecule has 2 heterocycles. The van der Waals surface area contributed by atoms with Crippen molar-refractivity contribution in [3.05, 3.63) is 23.8 Å². The molecular formula is C26H43N3O. The fraction of sp³-hybridized carbons (Fsp3) is 0.769. The van der Waals surface area contributed by atoms with Crippen LogP contribution in [-0.4, -0.2) is 63.9 Å². The SMILES string of the molecule is CC(C)CN1CCN(c2ccc(N3CCOCC3)cc2C2CCC(C)(C)CC2)CC1. The van der Waals surface area contributed by atoms with Crippen molar-refractivity contribution in [2.45, 2.75) is 59.3 Å². The highest BCUT2D eigenvalue weighted by molar-refractivity contribution is 5.63. The third-order valence-electron chi connectivity index (χ3n) is 7.50. The van der Waals surface area contributed by atoms with E-state index in [1.807, 2.05) is 0 Å². The van der Waals surface area contributed by atoms with Crippen molar-refractivity contribution in [2.24, 2.45) is 11.3 Å². The number of morpholine rings is 1. The van der Waals surface area contributed by atoms with Crippen LogP contribution in [0.15, 0.2) is 18.2 Å². The number of hydrogen-bond acceptors (Lipinski definition) is 4. The summed E-state index contributed by atoms with van der Waals surface area (Å²) in [5, 5.41) is 0. The van der Waals surface area contributed by atoms with Crippen LogP contribution in [0, 0.1) is 11.3 Å². The molecule has 1 aromatic carbocycles. The second kappa shape index (κ2) is 9.48. The number of rotatable bonds is 5. The molecule has 0 atom stereocenters. The van der Waals surface area contributed by atoms with Crippen molar-refractivity contribution in [3.63, 3.8) is 0 Å². The quantitative estimate of drug-likeness (QED) is 0.677. The molecule has 2 saturated heterocycles. The van der Waals surface area contributed by atoms with E-state index in [1.165, 1.54) is 56.7 Å². The molecule has 0 bridgehead atoms. The van der Waals surface area contributed by atoms with Gasteiger partial charge in [0.2, 0.25) is 0 Å². The van der Waals surface area contributed by atoms with Gasteiger partial charge in [-0.15, -0.1) is 0 Å². The van der Waals surface area contributed by atoms with Gasteiger partial charge in [0, 0.05) is 57.2 Å². The molecule has 4 heteroatoms. The summed E-state index contributed by atoms with van der Waals surface area (Å²) in [6.07, 6.45) is 5.36. The third-order valence-corrected chi connectivity index (χ3v) is 7.50. The average molecular weight is 414 g/mol. The Morgan fingerprint density at radius 3 is 2.23 bits per heavy atom. The van der Waals surface area contributed by atoms with Gasteiger partial charge in [0.05, 0.1) is 13.2 Å². The molecule has 4 nitrogen and oxygen atoms in total. The Hall–Kier alpha value is -1.26. The predicted molar refractivity (Wildman–Crippen MR) is 128 cm³/mol. The van der Waals surface area contributed by atoms with Crippen LogP contribution in [0.5, 0.6) is 0 Å². The summed E-state index contributed by atoms with van der Waals surface area (Å²) < 4.78 is 5.59. The smallest absolute Gasteiger partial charge is 0.0642 e. The van der Waals surface area contributed by atoms with Crippen molar-refractivity contribution in [3.8, 4) is 0 Å². The molecule has 2 aliphatic heterocycles. The fourth-order valence-corrected chi connectivity index (χ4v) is 5.57. The summed E-state index contributed by atoms with van der Waals surface area (Å²) >= 11 is 0. The molecule has 0 amide bonds. The van der Waals surface area contributed by atoms with Gasteiger partial charge in [0.15, 0.2) is 0 Å². The Kier molecular flexibility index (Phi) is 6.94. The van der Waals surface area contributed by atoms with Gasteiger partial charge in [0.25, 0.3) is 0 Å². The van der Waals surface area contributed by atoms with E-state index in [2.05, 4.69) is 60.6 Å². The Bertz CT molecular complexity index is 678. The Labute approximate surface area is 184 Å². The van der Waals surface area contributed by atoms with Crippen LogP contribution in [0.2, 0.25) is 0 Å². The number of ether oxygens (including phenoxy) is 1. The van der Waals surface area contributed by atoms with Crippen LogP contribution in [0.1, 0.15) is 64.9 Å². The lowest BCUT2D eigenvalue weighted by molar-refractivity contribution is 0.122. The van der Waals surface area contributed by atoms with E-state index < -0.39 is 0 Å². The van der Waals surface area contributed by atoms with Crippen LogP contribution >= 0.6 is 0 Å². The molecule has 4 rings (SSSR count). The van der Waals surface area contributed by atoms with E-state index in [4.69, 9.17) is 4.74 Å². The highest BCUT2D eigenvalue weighted by Gasteiger charge is 2.31. The summed E-state index contributed by atoms with van der Waals surface area (Å²) in [7, 11) is 0. The molecule has 0 aromatic heterocycles. The van der Waals surface area contributed by atoms with Crippen LogP contribution in [0.25, 0.3) is 0 Å². The monoisotopic (exact) mass is 413 g/mol. The van der Waals surface area contributed by atoms with Gasteiger partial charge >= 0.3 is 0 Å². The van der Waals surface area contributed by atoms with Crippen LogP contribution in [0.3, 0.4) is 0 Å². The maximum absolute atomic E-state index is 5.59. The zero-order valence-electron chi connectivity index (χ0n) is 19.8. The third kappa shape index (κ3) is 5.31. The van der Waals surface area contributed by atoms with Gasteiger partial charge in [-0.25, -0.2) is 0 Å². The summed E-state index contributed by atoms with van der Waals surface area (Å²) in [5.41, 5.74) is 5.05. The van der Waals surface area contributed by atoms with Gasteiger partial charge in [-0.3, -0.25) is 4.90 Å². The zero-order chi connectivity index (χ0) is 21.1. The number of piperazine rings is 1. The highest BCUT2D eigenvalue weighted by Crippen LogP contribution is 2.45. The van der Waals surface area contributed by atoms with E-state index in [-0.39, 0.29) is 0 Å². The van der Waals surface area contributed by atoms with E-state index >= 15 is 0 Å². The summed E-state index contributed by atoms with van der Waals surface area (Å²) in [4.78, 5) is 7.84. The normalized spacial score (nSPS) is 23.9. The lowest BCUT2D eigenvalue weighted by Crippen LogP contribution is -2.47.